The molecule has 2 rings (SSSR count). The van der Waals surface area contributed by atoms with Gasteiger partial charge in [-0.2, -0.15) is 0 Å². The second kappa shape index (κ2) is 6.35. The Kier molecular flexibility index (Phi) is 4.76. The predicted molar refractivity (Wildman–Crippen MR) is 80.1 cm³/mol. The average Bonchev–Trinajstić information content (AvgIpc) is 2.46. The van der Waals surface area contributed by atoms with E-state index in [1.54, 1.807) is 50.6 Å². The summed E-state index contributed by atoms with van der Waals surface area (Å²) in [4.78, 5) is 0. The fourth-order valence-electron chi connectivity index (χ4n) is 1.94. The molecule has 2 aromatic rings. The lowest BCUT2D eigenvalue weighted by molar-refractivity contribution is 0.214. The monoisotopic (exact) mass is 312 g/mol. The average molecular weight is 313 g/mol. The van der Waals surface area contributed by atoms with Crippen LogP contribution in [0.15, 0.2) is 36.4 Å². The molecule has 0 saturated heterocycles. The number of aliphatic hydroxyl groups excluding tert-OH is 1. The van der Waals surface area contributed by atoms with E-state index in [4.69, 9.17) is 32.7 Å². The summed E-state index contributed by atoms with van der Waals surface area (Å²) in [6, 6.07) is 10.2. The molecule has 0 fully saturated rings. The summed E-state index contributed by atoms with van der Waals surface area (Å²) >= 11 is 12.0. The molecule has 0 saturated carbocycles. The second-order valence-corrected chi connectivity index (χ2v) is 5.02. The highest BCUT2D eigenvalue weighted by Gasteiger charge is 2.19. The van der Waals surface area contributed by atoms with E-state index in [1.807, 2.05) is 0 Å². The van der Waals surface area contributed by atoms with Crippen molar-refractivity contribution in [3.63, 3.8) is 0 Å². The molecule has 1 atom stereocenters. The summed E-state index contributed by atoms with van der Waals surface area (Å²) in [5.74, 6) is 1.19. The van der Waals surface area contributed by atoms with Crippen molar-refractivity contribution in [1.29, 1.82) is 0 Å². The van der Waals surface area contributed by atoms with E-state index in [-0.39, 0.29) is 0 Å². The van der Waals surface area contributed by atoms with Gasteiger partial charge >= 0.3 is 0 Å². The van der Waals surface area contributed by atoms with Crippen molar-refractivity contribution in [2.24, 2.45) is 0 Å². The molecule has 1 N–H and O–H groups in total. The largest absolute Gasteiger partial charge is 0.497 e. The number of benzene rings is 2. The van der Waals surface area contributed by atoms with E-state index in [9.17, 15) is 5.11 Å². The summed E-state index contributed by atoms with van der Waals surface area (Å²) in [5, 5.41) is 11.4. The minimum Gasteiger partial charge on any atom is -0.497 e. The molecule has 0 aliphatic heterocycles. The van der Waals surface area contributed by atoms with Crippen molar-refractivity contribution in [1.82, 2.24) is 0 Å². The molecule has 5 heteroatoms. The first-order valence-corrected chi connectivity index (χ1v) is 6.67. The van der Waals surface area contributed by atoms with Crippen LogP contribution >= 0.6 is 23.2 Å². The number of ether oxygens (including phenoxy) is 2. The Morgan fingerprint density at radius 3 is 2.30 bits per heavy atom. The van der Waals surface area contributed by atoms with Crippen LogP contribution in [0.2, 0.25) is 10.0 Å². The van der Waals surface area contributed by atoms with Gasteiger partial charge in [-0.1, -0.05) is 29.3 Å². The molecule has 0 radical (unpaired) electrons. The molecule has 0 heterocycles. The highest BCUT2D eigenvalue weighted by molar-refractivity contribution is 6.35. The van der Waals surface area contributed by atoms with Crippen LogP contribution in [-0.4, -0.2) is 19.3 Å². The summed E-state index contributed by atoms with van der Waals surface area (Å²) in [6.45, 7) is 0. The molecule has 1 unspecified atom stereocenters. The number of methoxy groups -OCH3 is 2. The van der Waals surface area contributed by atoms with Gasteiger partial charge in [-0.25, -0.2) is 0 Å². The van der Waals surface area contributed by atoms with Gasteiger partial charge in [-0.3, -0.25) is 0 Å². The first kappa shape index (κ1) is 15.0. The zero-order valence-corrected chi connectivity index (χ0v) is 12.6. The van der Waals surface area contributed by atoms with E-state index in [0.717, 1.165) is 0 Å². The van der Waals surface area contributed by atoms with Gasteiger partial charge in [0.05, 0.1) is 14.2 Å². The van der Waals surface area contributed by atoms with E-state index in [0.29, 0.717) is 32.7 Å². The predicted octanol–water partition coefficient (Wildman–Crippen LogP) is 4.09. The Morgan fingerprint density at radius 2 is 1.70 bits per heavy atom. The van der Waals surface area contributed by atoms with Gasteiger partial charge < -0.3 is 14.6 Å². The highest BCUT2D eigenvalue weighted by atomic mass is 35.5. The number of rotatable bonds is 4. The third-order valence-corrected chi connectivity index (χ3v) is 3.55. The fraction of sp³-hybridized carbons (Fsp3) is 0.200. The number of hydrogen-bond donors (Lipinski definition) is 1. The van der Waals surface area contributed by atoms with Crippen LogP contribution in [0.5, 0.6) is 11.5 Å². The van der Waals surface area contributed by atoms with Crippen molar-refractivity contribution in [2.75, 3.05) is 14.2 Å². The Balaban J connectivity index is 2.48. The lowest BCUT2D eigenvalue weighted by Crippen LogP contribution is -2.03. The van der Waals surface area contributed by atoms with Gasteiger partial charge in [-0.05, 0) is 30.3 Å². The maximum Gasteiger partial charge on any atom is 0.125 e. The number of halogens is 2. The first-order chi connectivity index (χ1) is 9.56. The van der Waals surface area contributed by atoms with Crippen LogP contribution in [0.4, 0.5) is 0 Å². The maximum atomic E-state index is 10.5. The fourth-order valence-corrected chi connectivity index (χ4v) is 2.46. The van der Waals surface area contributed by atoms with E-state index in [2.05, 4.69) is 0 Å². The van der Waals surface area contributed by atoms with Gasteiger partial charge in [0.15, 0.2) is 0 Å². The normalized spacial score (nSPS) is 12.1. The van der Waals surface area contributed by atoms with Crippen LogP contribution in [0.25, 0.3) is 0 Å². The number of hydrogen-bond acceptors (Lipinski definition) is 3. The van der Waals surface area contributed by atoms with Crippen LogP contribution in [0.1, 0.15) is 17.2 Å². The lowest BCUT2D eigenvalue weighted by atomic mass is 10.0. The van der Waals surface area contributed by atoms with Crippen LogP contribution in [-0.2, 0) is 0 Å². The smallest absolute Gasteiger partial charge is 0.125 e. The van der Waals surface area contributed by atoms with E-state index < -0.39 is 6.10 Å². The first-order valence-electron chi connectivity index (χ1n) is 5.91. The van der Waals surface area contributed by atoms with Crippen molar-refractivity contribution in [2.45, 2.75) is 6.10 Å². The molecule has 0 bridgehead atoms. The topological polar surface area (TPSA) is 38.7 Å². The van der Waals surface area contributed by atoms with Crippen molar-refractivity contribution >= 4 is 23.2 Å². The standard InChI is InChI=1S/C15H14Cl2O3/c1-19-10-4-6-14(20-2)12(8-10)15(18)11-5-3-9(16)7-13(11)17/h3-8,15,18H,1-2H3. The van der Waals surface area contributed by atoms with Crippen molar-refractivity contribution in [3.05, 3.63) is 57.6 Å². The van der Waals surface area contributed by atoms with E-state index in [1.165, 1.54) is 0 Å². The molecule has 106 valence electrons. The van der Waals surface area contributed by atoms with Gasteiger partial charge in [0, 0.05) is 21.2 Å². The van der Waals surface area contributed by atoms with Crippen LogP contribution in [0.3, 0.4) is 0 Å². The van der Waals surface area contributed by atoms with E-state index >= 15 is 0 Å². The molecule has 3 nitrogen and oxygen atoms in total. The summed E-state index contributed by atoms with van der Waals surface area (Å²) < 4.78 is 10.4. The maximum absolute atomic E-state index is 10.5. The minimum atomic E-state index is -0.926. The highest BCUT2D eigenvalue weighted by Crippen LogP contribution is 2.36. The summed E-state index contributed by atoms with van der Waals surface area (Å²) in [6.07, 6.45) is -0.926. The Bertz CT molecular complexity index is 614. The SMILES string of the molecule is COc1ccc(OC)c(C(O)c2ccc(Cl)cc2Cl)c1. The van der Waals surface area contributed by atoms with Crippen molar-refractivity contribution in [3.8, 4) is 11.5 Å². The molecule has 0 amide bonds. The van der Waals surface area contributed by atoms with Gasteiger partial charge in [0.25, 0.3) is 0 Å². The molecule has 0 aliphatic carbocycles. The molecular weight excluding hydrogens is 299 g/mol. The second-order valence-electron chi connectivity index (χ2n) is 4.18. The zero-order chi connectivity index (χ0) is 14.7. The van der Waals surface area contributed by atoms with Gasteiger partial charge in [0.2, 0.25) is 0 Å². The molecule has 0 aromatic heterocycles. The summed E-state index contributed by atoms with van der Waals surface area (Å²) in [5.41, 5.74) is 1.14. The minimum absolute atomic E-state index is 0.398. The molecular formula is C15H14Cl2O3. The Morgan fingerprint density at radius 1 is 0.950 bits per heavy atom. The third-order valence-electron chi connectivity index (χ3n) is 2.99. The van der Waals surface area contributed by atoms with Crippen LogP contribution in [0, 0.1) is 0 Å². The lowest BCUT2D eigenvalue weighted by Gasteiger charge is -2.17. The zero-order valence-electron chi connectivity index (χ0n) is 11.1. The summed E-state index contributed by atoms with van der Waals surface area (Å²) in [7, 11) is 3.11. The quantitative estimate of drug-likeness (QED) is 0.924. The molecule has 0 aliphatic rings. The molecule has 20 heavy (non-hydrogen) atoms. The third kappa shape index (κ3) is 3.01. The van der Waals surface area contributed by atoms with Crippen molar-refractivity contribution < 1.29 is 14.6 Å². The Labute approximate surface area is 127 Å². The number of aliphatic hydroxyl groups is 1. The van der Waals surface area contributed by atoms with Gasteiger partial charge in [-0.15, -0.1) is 0 Å². The van der Waals surface area contributed by atoms with Crippen LogP contribution < -0.4 is 9.47 Å². The Hall–Kier alpha value is -1.42. The van der Waals surface area contributed by atoms with Gasteiger partial charge in [0.1, 0.15) is 17.6 Å². The molecule has 0 spiro atoms. The molecule has 2 aromatic carbocycles.